The molecule has 0 unspecified atom stereocenters. The summed E-state index contributed by atoms with van der Waals surface area (Å²) >= 11 is 1.65. The van der Waals surface area contributed by atoms with E-state index in [-0.39, 0.29) is 23.8 Å². The second-order valence-corrected chi connectivity index (χ2v) is 10.5. The largest absolute Gasteiger partial charge is 0.490 e. The van der Waals surface area contributed by atoms with E-state index in [1.54, 1.807) is 43.8 Å². The first-order valence-electron chi connectivity index (χ1n) is 12.7. The predicted octanol–water partition coefficient (Wildman–Crippen LogP) is 3.92. The molecule has 0 saturated carbocycles. The zero-order chi connectivity index (χ0) is 28.0. The van der Waals surface area contributed by atoms with Crippen LogP contribution in [-0.2, 0) is 28.7 Å². The Balaban J connectivity index is 2.16. The zero-order valence-corrected chi connectivity index (χ0v) is 23.5. The highest BCUT2D eigenvalue weighted by Gasteiger charge is 2.47. The van der Waals surface area contributed by atoms with Crippen LogP contribution in [0.4, 0.5) is 0 Å². The fraction of sp³-hybridized carbons (Fsp3) is 0.500. The van der Waals surface area contributed by atoms with Crippen molar-refractivity contribution in [3.8, 4) is 11.5 Å². The number of Topliss-reactive ketones (excluding diaryl/α,β-unsaturated/α-hetero) is 1. The van der Waals surface area contributed by atoms with Gasteiger partial charge < -0.3 is 24.3 Å². The van der Waals surface area contributed by atoms with E-state index < -0.39 is 35.5 Å². The summed E-state index contributed by atoms with van der Waals surface area (Å²) in [6.07, 6.45) is 0.425. The molecule has 1 heterocycles. The van der Waals surface area contributed by atoms with Crippen molar-refractivity contribution in [3.05, 3.63) is 46.3 Å². The number of benzene rings is 1. The lowest BCUT2D eigenvalue weighted by atomic mass is 9.69. The van der Waals surface area contributed by atoms with Gasteiger partial charge in [0.2, 0.25) is 0 Å². The Morgan fingerprint density at radius 1 is 1.16 bits per heavy atom. The minimum Gasteiger partial charge on any atom is -0.490 e. The van der Waals surface area contributed by atoms with E-state index in [0.717, 1.165) is 5.75 Å². The number of carbonyl (C=O) groups is 4. The Labute approximate surface area is 227 Å². The van der Waals surface area contributed by atoms with Crippen molar-refractivity contribution in [2.75, 3.05) is 31.8 Å². The Morgan fingerprint density at radius 3 is 2.53 bits per heavy atom. The number of ether oxygens (including phenoxy) is 4. The first-order chi connectivity index (χ1) is 18.1. The standard InChI is InChI=1S/C28H35NO8S/c1-7-35-21-14-18(9-10-20(21)37-17(5)30)24-23(28(33)36-11-12-38-8-2)16(4)29-19-13-15(3)22(27(32)34-6)26(31)25(19)24/h9-10,14-15,22,24,29H,7-8,11-13H2,1-6H3/t15-,22-,24-/m1/s1. The molecular weight excluding hydrogens is 510 g/mol. The van der Waals surface area contributed by atoms with E-state index >= 15 is 0 Å². The third-order valence-electron chi connectivity index (χ3n) is 6.48. The monoisotopic (exact) mass is 545 g/mol. The zero-order valence-electron chi connectivity index (χ0n) is 22.7. The maximum Gasteiger partial charge on any atom is 0.336 e. The van der Waals surface area contributed by atoms with Gasteiger partial charge in [-0.05, 0) is 49.6 Å². The predicted molar refractivity (Wildman–Crippen MR) is 143 cm³/mol. The number of hydrogen-bond acceptors (Lipinski definition) is 10. The molecule has 1 aliphatic heterocycles. The van der Waals surface area contributed by atoms with Crippen LogP contribution < -0.4 is 14.8 Å². The number of thioether (sulfide) groups is 1. The minimum absolute atomic E-state index is 0.220. The fourth-order valence-electron chi connectivity index (χ4n) is 4.91. The quantitative estimate of drug-likeness (QED) is 0.201. The van der Waals surface area contributed by atoms with E-state index in [1.807, 2.05) is 13.8 Å². The van der Waals surface area contributed by atoms with Crippen LogP contribution >= 0.6 is 11.8 Å². The first-order valence-corrected chi connectivity index (χ1v) is 13.8. The van der Waals surface area contributed by atoms with Gasteiger partial charge in [-0.15, -0.1) is 0 Å². The lowest BCUT2D eigenvalue weighted by Gasteiger charge is -2.38. The van der Waals surface area contributed by atoms with Gasteiger partial charge in [0, 0.05) is 35.6 Å². The van der Waals surface area contributed by atoms with E-state index in [0.29, 0.717) is 47.1 Å². The molecule has 1 aromatic carbocycles. The molecule has 9 nitrogen and oxygen atoms in total. The summed E-state index contributed by atoms with van der Waals surface area (Å²) in [6, 6.07) is 4.93. The van der Waals surface area contributed by atoms with Crippen molar-refractivity contribution in [1.29, 1.82) is 0 Å². The molecule has 0 saturated heterocycles. The van der Waals surface area contributed by atoms with Gasteiger partial charge in [0.05, 0.1) is 19.3 Å². The highest BCUT2D eigenvalue weighted by Crippen LogP contribution is 2.47. The molecule has 0 amide bonds. The Kier molecular flexibility index (Phi) is 10.0. The van der Waals surface area contributed by atoms with Crippen LogP contribution in [0.3, 0.4) is 0 Å². The lowest BCUT2D eigenvalue weighted by Crippen LogP contribution is -2.43. The maximum absolute atomic E-state index is 13.9. The van der Waals surface area contributed by atoms with E-state index in [2.05, 4.69) is 5.32 Å². The molecule has 0 fully saturated rings. The van der Waals surface area contributed by atoms with Gasteiger partial charge in [-0.3, -0.25) is 14.4 Å². The van der Waals surface area contributed by atoms with Gasteiger partial charge in [-0.2, -0.15) is 11.8 Å². The van der Waals surface area contributed by atoms with Crippen LogP contribution in [-0.4, -0.2) is 55.5 Å². The number of methoxy groups -OCH3 is 1. The number of dihydropyridines is 1. The molecule has 10 heteroatoms. The normalized spacial score (nSPS) is 20.9. The van der Waals surface area contributed by atoms with Crippen molar-refractivity contribution >= 4 is 35.5 Å². The molecule has 3 atom stereocenters. The van der Waals surface area contributed by atoms with Crippen LogP contribution in [0.1, 0.15) is 52.5 Å². The second-order valence-electron chi connectivity index (χ2n) is 9.10. The van der Waals surface area contributed by atoms with Crippen LogP contribution in [0.25, 0.3) is 0 Å². The average Bonchev–Trinajstić information content (AvgIpc) is 2.86. The SMILES string of the molecule is CCOc1cc([C@@H]2C(C(=O)OCCSCC)=C(C)NC3=C2C(=O)[C@H](C(=O)OC)[C@H](C)C3)ccc1OC(C)=O. The molecular formula is C28H35NO8S. The maximum atomic E-state index is 13.9. The van der Waals surface area contributed by atoms with Crippen molar-refractivity contribution in [1.82, 2.24) is 5.32 Å². The number of ketones is 1. The Morgan fingerprint density at radius 2 is 1.89 bits per heavy atom. The first kappa shape index (κ1) is 29.3. The lowest BCUT2D eigenvalue weighted by molar-refractivity contribution is -0.151. The average molecular weight is 546 g/mol. The van der Waals surface area contributed by atoms with Gasteiger partial charge in [-0.25, -0.2) is 4.79 Å². The molecule has 206 valence electrons. The molecule has 1 N–H and O–H groups in total. The number of nitrogens with one attached hydrogen (secondary N) is 1. The number of hydrogen-bond donors (Lipinski definition) is 1. The summed E-state index contributed by atoms with van der Waals surface area (Å²) in [6.45, 7) is 9.23. The molecule has 38 heavy (non-hydrogen) atoms. The number of allylic oxidation sites excluding steroid dienone is 3. The van der Waals surface area contributed by atoms with E-state index in [1.165, 1.54) is 14.0 Å². The summed E-state index contributed by atoms with van der Waals surface area (Å²) < 4.78 is 21.6. The van der Waals surface area contributed by atoms with Crippen LogP contribution in [0.5, 0.6) is 11.5 Å². The third kappa shape index (κ3) is 6.23. The van der Waals surface area contributed by atoms with Crippen molar-refractivity contribution < 1.29 is 38.1 Å². The summed E-state index contributed by atoms with van der Waals surface area (Å²) in [5, 5.41) is 3.25. The van der Waals surface area contributed by atoms with Gasteiger partial charge in [-0.1, -0.05) is 19.9 Å². The molecule has 1 aromatic rings. The summed E-state index contributed by atoms with van der Waals surface area (Å²) in [4.78, 5) is 51.6. The van der Waals surface area contributed by atoms with E-state index in [9.17, 15) is 19.2 Å². The summed E-state index contributed by atoms with van der Waals surface area (Å²) in [5.41, 5.74) is 2.39. The van der Waals surface area contributed by atoms with Crippen molar-refractivity contribution in [2.45, 2.75) is 47.0 Å². The minimum atomic E-state index is -0.994. The topological polar surface area (TPSA) is 117 Å². The van der Waals surface area contributed by atoms with Crippen LogP contribution in [0, 0.1) is 11.8 Å². The summed E-state index contributed by atoms with van der Waals surface area (Å²) in [7, 11) is 1.26. The smallest absolute Gasteiger partial charge is 0.336 e. The molecule has 3 rings (SSSR count). The Hall–Kier alpha value is -3.27. The molecule has 2 aliphatic rings. The van der Waals surface area contributed by atoms with Gasteiger partial charge >= 0.3 is 17.9 Å². The fourth-order valence-corrected chi connectivity index (χ4v) is 5.40. The second kappa shape index (κ2) is 13.0. The highest BCUT2D eigenvalue weighted by molar-refractivity contribution is 7.99. The third-order valence-corrected chi connectivity index (χ3v) is 7.35. The molecule has 0 bridgehead atoms. The van der Waals surface area contributed by atoms with Gasteiger partial charge in [0.1, 0.15) is 12.5 Å². The van der Waals surface area contributed by atoms with Gasteiger partial charge in [0.15, 0.2) is 17.3 Å². The van der Waals surface area contributed by atoms with Crippen LogP contribution in [0.2, 0.25) is 0 Å². The van der Waals surface area contributed by atoms with Crippen LogP contribution in [0.15, 0.2) is 40.7 Å². The molecule has 0 spiro atoms. The molecule has 0 radical (unpaired) electrons. The number of rotatable bonds is 10. The molecule has 0 aromatic heterocycles. The highest BCUT2D eigenvalue weighted by atomic mass is 32.2. The van der Waals surface area contributed by atoms with Crippen molar-refractivity contribution in [3.63, 3.8) is 0 Å². The number of carbonyl (C=O) groups excluding carboxylic acids is 4. The van der Waals surface area contributed by atoms with Crippen molar-refractivity contribution in [2.24, 2.45) is 11.8 Å². The van der Waals surface area contributed by atoms with Gasteiger partial charge in [0.25, 0.3) is 0 Å². The number of esters is 3. The molecule has 1 aliphatic carbocycles. The Bertz CT molecular complexity index is 1170. The van der Waals surface area contributed by atoms with E-state index in [4.69, 9.17) is 18.9 Å². The summed E-state index contributed by atoms with van der Waals surface area (Å²) in [5.74, 6) is -2.11.